The molecule has 0 fully saturated rings. The summed E-state index contributed by atoms with van der Waals surface area (Å²) in [5.41, 5.74) is 0.405. The minimum Gasteiger partial charge on any atom is -0.497 e. The van der Waals surface area contributed by atoms with E-state index in [0.717, 1.165) is 0 Å². The van der Waals surface area contributed by atoms with Gasteiger partial charge in [0, 0.05) is 18.9 Å². The van der Waals surface area contributed by atoms with Gasteiger partial charge in [-0.1, -0.05) is 0 Å². The fourth-order valence-corrected chi connectivity index (χ4v) is 1.69. The molecule has 0 spiro atoms. The number of carbonyl (C=O) groups excluding carboxylic acids is 1. The minimum atomic E-state index is -0.395. The molecule has 0 aliphatic rings. The molecule has 1 N–H and O–H groups in total. The van der Waals surface area contributed by atoms with E-state index in [0.29, 0.717) is 11.4 Å². The molecule has 1 aromatic carbocycles. The highest BCUT2D eigenvalue weighted by Crippen LogP contribution is 2.19. The lowest BCUT2D eigenvalue weighted by Crippen LogP contribution is -2.31. The number of amides is 1. The maximum Gasteiger partial charge on any atom is 0.263 e. The molecule has 0 aliphatic carbocycles. The number of rotatable bonds is 3. The van der Waals surface area contributed by atoms with Gasteiger partial charge in [-0.15, -0.1) is 0 Å². The molecule has 2 rings (SSSR count). The van der Waals surface area contributed by atoms with Crippen molar-refractivity contribution in [3.05, 3.63) is 58.5 Å². The molecule has 1 aromatic heterocycles. The number of carbonyl (C=O) groups is 1. The number of nitrogens with zero attached hydrogens (tertiary/aromatic N) is 1. The van der Waals surface area contributed by atoms with Gasteiger partial charge in [-0.3, -0.25) is 9.59 Å². The first kappa shape index (κ1) is 12.9. The Kier molecular flexibility index (Phi) is 3.66. The van der Waals surface area contributed by atoms with Crippen molar-refractivity contribution in [2.75, 3.05) is 19.1 Å². The van der Waals surface area contributed by atoms with Crippen molar-refractivity contribution in [2.45, 2.75) is 0 Å². The number of hydrogen-bond acceptors (Lipinski definition) is 3. The summed E-state index contributed by atoms with van der Waals surface area (Å²) < 4.78 is 5.05. The predicted octanol–water partition coefficient (Wildman–Crippen LogP) is 1.66. The van der Waals surface area contributed by atoms with E-state index in [-0.39, 0.29) is 11.5 Å². The Bertz CT molecular complexity index is 632. The van der Waals surface area contributed by atoms with E-state index >= 15 is 0 Å². The van der Waals surface area contributed by atoms with Crippen LogP contribution in [0.2, 0.25) is 0 Å². The molecule has 0 saturated heterocycles. The van der Waals surface area contributed by atoms with Crippen LogP contribution in [0.3, 0.4) is 0 Å². The molecule has 5 heteroatoms. The minimum absolute atomic E-state index is 0.112. The van der Waals surface area contributed by atoms with Gasteiger partial charge in [0.1, 0.15) is 11.3 Å². The zero-order valence-corrected chi connectivity index (χ0v) is 10.7. The molecule has 2 aromatic rings. The summed E-state index contributed by atoms with van der Waals surface area (Å²) in [4.78, 5) is 27.7. The SMILES string of the molecule is COc1ccc(N(C)C(=O)c2ccc[nH]c2=O)cc1. The first-order valence-electron chi connectivity index (χ1n) is 5.73. The van der Waals surface area contributed by atoms with Crippen molar-refractivity contribution in [2.24, 2.45) is 0 Å². The van der Waals surface area contributed by atoms with E-state index in [1.54, 1.807) is 44.5 Å². The van der Waals surface area contributed by atoms with Crippen LogP contribution >= 0.6 is 0 Å². The quantitative estimate of drug-likeness (QED) is 0.910. The Balaban J connectivity index is 2.28. The number of H-pyrrole nitrogens is 1. The van der Waals surface area contributed by atoms with Gasteiger partial charge in [-0.2, -0.15) is 0 Å². The molecular formula is C14H14N2O3. The topological polar surface area (TPSA) is 62.4 Å². The number of pyridine rings is 1. The fraction of sp³-hybridized carbons (Fsp3) is 0.143. The Morgan fingerprint density at radius 2 is 1.89 bits per heavy atom. The third kappa shape index (κ3) is 2.65. The zero-order valence-electron chi connectivity index (χ0n) is 10.7. The van der Waals surface area contributed by atoms with E-state index in [4.69, 9.17) is 4.74 Å². The Morgan fingerprint density at radius 3 is 2.47 bits per heavy atom. The third-order valence-corrected chi connectivity index (χ3v) is 2.81. The lowest BCUT2D eigenvalue weighted by Gasteiger charge is -2.17. The largest absolute Gasteiger partial charge is 0.497 e. The van der Waals surface area contributed by atoms with Crippen molar-refractivity contribution < 1.29 is 9.53 Å². The smallest absolute Gasteiger partial charge is 0.263 e. The normalized spacial score (nSPS) is 10.0. The Labute approximate surface area is 110 Å². The fourth-order valence-electron chi connectivity index (χ4n) is 1.69. The third-order valence-electron chi connectivity index (χ3n) is 2.81. The second-order valence-electron chi connectivity index (χ2n) is 3.98. The summed E-state index contributed by atoms with van der Waals surface area (Å²) in [7, 11) is 3.20. The number of benzene rings is 1. The van der Waals surface area contributed by atoms with Gasteiger partial charge in [0.15, 0.2) is 0 Å². The number of aromatic amines is 1. The van der Waals surface area contributed by atoms with Crippen molar-refractivity contribution in [1.82, 2.24) is 4.98 Å². The molecule has 0 atom stereocenters. The number of aromatic nitrogens is 1. The summed E-state index contributed by atoms with van der Waals surface area (Å²) in [6.07, 6.45) is 1.49. The van der Waals surface area contributed by atoms with Crippen LogP contribution in [-0.2, 0) is 0 Å². The monoisotopic (exact) mass is 258 g/mol. The molecule has 1 amide bonds. The molecule has 0 radical (unpaired) electrons. The van der Waals surface area contributed by atoms with Crippen LogP contribution in [0.25, 0.3) is 0 Å². The Hall–Kier alpha value is -2.56. The first-order valence-corrected chi connectivity index (χ1v) is 5.73. The van der Waals surface area contributed by atoms with Gasteiger partial charge in [-0.05, 0) is 36.4 Å². The van der Waals surface area contributed by atoms with Crippen LogP contribution in [0.4, 0.5) is 5.69 Å². The maximum atomic E-state index is 12.2. The highest BCUT2D eigenvalue weighted by molar-refractivity contribution is 6.05. The molecule has 98 valence electrons. The first-order chi connectivity index (χ1) is 9.13. The van der Waals surface area contributed by atoms with Crippen LogP contribution in [0.1, 0.15) is 10.4 Å². The number of ether oxygens (including phenoxy) is 1. The highest BCUT2D eigenvalue weighted by atomic mass is 16.5. The zero-order chi connectivity index (χ0) is 13.8. The van der Waals surface area contributed by atoms with Crippen molar-refractivity contribution >= 4 is 11.6 Å². The number of hydrogen-bond donors (Lipinski definition) is 1. The average molecular weight is 258 g/mol. The molecule has 0 unspecified atom stereocenters. The summed E-state index contributed by atoms with van der Waals surface area (Å²) in [5, 5.41) is 0. The van der Waals surface area contributed by atoms with Crippen molar-refractivity contribution in [3.63, 3.8) is 0 Å². The lowest BCUT2D eigenvalue weighted by atomic mass is 10.2. The van der Waals surface area contributed by atoms with E-state index < -0.39 is 5.56 Å². The number of methoxy groups -OCH3 is 1. The summed E-state index contributed by atoms with van der Waals surface area (Å²) in [6, 6.07) is 10.2. The second kappa shape index (κ2) is 5.39. The molecule has 5 nitrogen and oxygen atoms in total. The summed E-state index contributed by atoms with van der Waals surface area (Å²) >= 11 is 0. The Morgan fingerprint density at radius 1 is 1.21 bits per heavy atom. The van der Waals surface area contributed by atoms with Gasteiger partial charge < -0.3 is 14.6 Å². The predicted molar refractivity (Wildman–Crippen MR) is 72.8 cm³/mol. The van der Waals surface area contributed by atoms with E-state index in [2.05, 4.69) is 4.98 Å². The molecule has 0 bridgehead atoms. The van der Waals surface area contributed by atoms with E-state index in [9.17, 15) is 9.59 Å². The van der Waals surface area contributed by atoms with Crippen molar-refractivity contribution in [1.29, 1.82) is 0 Å². The number of anilines is 1. The van der Waals surface area contributed by atoms with Crippen LogP contribution in [-0.4, -0.2) is 25.0 Å². The number of nitrogens with one attached hydrogen (secondary N) is 1. The molecule has 0 aliphatic heterocycles. The van der Waals surface area contributed by atoms with Crippen LogP contribution in [0.5, 0.6) is 5.75 Å². The molecule has 19 heavy (non-hydrogen) atoms. The summed E-state index contributed by atoms with van der Waals surface area (Å²) in [6.45, 7) is 0. The van der Waals surface area contributed by atoms with Gasteiger partial charge in [-0.25, -0.2) is 0 Å². The highest BCUT2D eigenvalue weighted by Gasteiger charge is 2.16. The average Bonchev–Trinajstić information content (AvgIpc) is 2.46. The standard InChI is InChI=1S/C14H14N2O3/c1-16(10-5-7-11(19-2)8-6-10)14(18)12-4-3-9-15-13(12)17/h3-9H,1-2H3,(H,15,17). The second-order valence-corrected chi connectivity index (χ2v) is 3.98. The van der Waals surface area contributed by atoms with Gasteiger partial charge in [0.25, 0.3) is 11.5 Å². The van der Waals surface area contributed by atoms with E-state index in [1.807, 2.05) is 0 Å². The van der Waals surface area contributed by atoms with Gasteiger partial charge in [0.2, 0.25) is 0 Å². The lowest BCUT2D eigenvalue weighted by molar-refractivity contribution is 0.0991. The van der Waals surface area contributed by atoms with E-state index in [1.165, 1.54) is 17.2 Å². The van der Waals surface area contributed by atoms with Crippen LogP contribution < -0.4 is 15.2 Å². The molecule has 1 heterocycles. The van der Waals surface area contributed by atoms with Gasteiger partial charge in [0.05, 0.1) is 7.11 Å². The van der Waals surface area contributed by atoms with Crippen LogP contribution in [0.15, 0.2) is 47.4 Å². The molecular weight excluding hydrogens is 244 g/mol. The maximum absolute atomic E-state index is 12.2. The van der Waals surface area contributed by atoms with Gasteiger partial charge >= 0.3 is 0 Å². The van der Waals surface area contributed by atoms with Crippen LogP contribution in [0, 0.1) is 0 Å². The summed E-state index contributed by atoms with van der Waals surface area (Å²) in [5.74, 6) is 0.356. The van der Waals surface area contributed by atoms with Crippen molar-refractivity contribution in [3.8, 4) is 5.75 Å². The molecule has 0 saturated carbocycles.